The van der Waals surface area contributed by atoms with E-state index in [1.807, 2.05) is 24.3 Å². The summed E-state index contributed by atoms with van der Waals surface area (Å²) in [5.41, 5.74) is 2.15. The smallest absolute Gasteiger partial charge is 0.278 e. The van der Waals surface area contributed by atoms with E-state index < -0.39 is 0 Å². The third-order valence-electron chi connectivity index (χ3n) is 4.90. The predicted octanol–water partition coefficient (Wildman–Crippen LogP) is 3.81. The molecule has 0 radical (unpaired) electrons. The zero-order chi connectivity index (χ0) is 22.7. The van der Waals surface area contributed by atoms with Gasteiger partial charge >= 0.3 is 0 Å². The van der Waals surface area contributed by atoms with Gasteiger partial charge in [0.1, 0.15) is 22.5 Å². The van der Waals surface area contributed by atoms with Crippen LogP contribution < -0.4 is 20.3 Å². The molecule has 2 aromatic carbocycles. The van der Waals surface area contributed by atoms with Crippen molar-refractivity contribution in [3.8, 4) is 11.5 Å². The molecular formula is C23H22N4O4S. The van der Waals surface area contributed by atoms with Gasteiger partial charge in [-0.3, -0.25) is 14.2 Å². The van der Waals surface area contributed by atoms with Gasteiger partial charge in [-0.15, -0.1) is 6.58 Å². The second kappa shape index (κ2) is 9.19. The van der Waals surface area contributed by atoms with E-state index in [9.17, 15) is 9.59 Å². The lowest BCUT2D eigenvalue weighted by Gasteiger charge is -2.13. The first-order chi connectivity index (χ1) is 15.5. The van der Waals surface area contributed by atoms with Crippen molar-refractivity contribution in [1.29, 1.82) is 0 Å². The predicted molar refractivity (Wildman–Crippen MR) is 127 cm³/mol. The summed E-state index contributed by atoms with van der Waals surface area (Å²) in [6.07, 6.45) is 1.63. The highest BCUT2D eigenvalue weighted by molar-refractivity contribution is 7.99. The number of hydrogen-bond donors (Lipinski definition) is 2. The Morgan fingerprint density at radius 1 is 1.25 bits per heavy atom. The van der Waals surface area contributed by atoms with Gasteiger partial charge in [-0.2, -0.15) is 0 Å². The number of aromatic amines is 1. The van der Waals surface area contributed by atoms with Gasteiger partial charge in [0.25, 0.3) is 5.56 Å². The molecule has 2 aromatic heterocycles. The van der Waals surface area contributed by atoms with Crippen LogP contribution in [-0.4, -0.2) is 40.4 Å². The summed E-state index contributed by atoms with van der Waals surface area (Å²) < 4.78 is 12.0. The van der Waals surface area contributed by atoms with Crippen molar-refractivity contribution in [2.45, 2.75) is 11.7 Å². The molecule has 0 aliphatic heterocycles. The molecule has 4 aromatic rings. The Morgan fingerprint density at radius 2 is 2.06 bits per heavy atom. The SMILES string of the molecule is C=CCn1c(SCC(=O)Nc2cc(OC)ccc2OC)nc2c([nH]c3ccccc32)c1=O. The second-order valence-corrected chi connectivity index (χ2v) is 7.84. The summed E-state index contributed by atoms with van der Waals surface area (Å²) in [4.78, 5) is 33.6. The molecule has 2 heterocycles. The summed E-state index contributed by atoms with van der Waals surface area (Å²) in [6, 6.07) is 12.8. The van der Waals surface area contributed by atoms with Crippen LogP contribution in [0.3, 0.4) is 0 Å². The van der Waals surface area contributed by atoms with Gasteiger partial charge in [-0.05, 0) is 18.2 Å². The molecule has 4 rings (SSSR count). The van der Waals surface area contributed by atoms with Crippen LogP contribution in [0, 0.1) is 0 Å². The molecule has 2 N–H and O–H groups in total. The number of anilines is 1. The fourth-order valence-electron chi connectivity index (χ4n) is 3.40. The number of para-hydroxylation sites is 1. The minimum absolute atomic E-state index is 0.0534. The Kier molecular flexibility index (Phi) is 6.18. The number of carbonyl (C=O) groups excluding carboxylic acids is 1. The van der Waals surface area contributed by atoms with Crippen molar-refractivity contribution in [2.75, 3.05) is 25.3 Å². The second-order valence-electron chi connectivity index (χ2n) is 6.90. The van der Waals surface area contributed by atoms with E-state index in [-0.39, 0.29) is 23.8 Å². The number of methoxy groups -OCH3 is 2. The number of hydrogen-bond acceptors (Lipinski definition) is 6. The van der Waals surface area contributed by atoms with E-state index in [0.29, 0.717) is 33.4 Å². The molecule has 0 saturated heterocycles. The highest BCUT2D eigenvalue weighted by Gasteiger charge is 2.17. The first kappa shape index (κ1) is 21.5. The molecule has 9 heteroatoms. The lowest BCUT2D eigenvalue weighted by Crippen LogP contribution is -2.24. The van der Waals surface area contributed by atoms with Crippen molar-refractivity contribution >= 4 is 45.3 Å². The lowest BCUT2D eigenvalue weighted by molar-refractivity contribution is -0.113. The van der Waals surface area contributed by atoms with Crippen LogP contribution in [0.2, 0.25) is 0 Å². The molecule has 0 atom stereocenters. The third-order valence-corrected chi connectivity index (χ3v) is 5.88. The Morgan fingerprint density at radius 3 is 2.81 bits per heavy atom. The maximum Gasteiger partial charge on any atom is 0.278 e. The quantitative estimate of drug-likeness (QED) is 0.241. The molecule has 0 unspecified atom stereocenters. The monoisotopic (exact) mass is 450 g/mol. The molecule has 1 amide bonds. The summed E-state index contributed by atoms with van der Waals surface area (Å²) in [7, 11) is 3.08. The Balaban J connectivity index is 1.63. The maximum absolute atomic E-state index is 13.1. The molecular weight excluding hydrogens is 428 g/mol. The molecule has 32 heavy (non-hydrogen) atoms. The molecule has 164 valence electrons. The number of fused-ring (bicyclic) bond motifs is 3. The van der Waals surface area contributed by atoms with Crippen molar-refractivity contribution in [3.63, 3.8) is 0 Å². The summed E-state index contributed by atoms with van der Waals surface area (Å²) in [5.74, 6) is 0.906. The van der Waals surface area contributed by atoms with Gasteiger partial charge in [-0.1, -0.05) is 36.0 Å². The van der Waals surface area contributed by atoms with Crippen molar-refractivity contribution < 1.29 is 14.3 Å². The number of ether oxygens (including phenoxy) is 2. The summed E-state index contributed by atoms with van der Waals surface area (Å²) >= 11 is 1.18. The minimum Gasteiger partial charge on any atom is -0.497 e. The zero-order valence-corrected chi connectivity index (χ0v) is 18.5. The van der Waals surface area contributed by atoms with Crippen LogP contribution in [0.25, 0.3) is 21.9 Å². The number of allylic oxidation sites excluding steroid dienone is 1. The van der Waals surface area contributed by atoms with Gasteiger partial charge in [0.2, 0.25) is 5.91 Å². The first-order valence-electron chi connectivity index (χ1n) is 9.82. The summed E-state index contributed by atoms with van der Waals surface area (Å²) in [5, 5.41) is 4.13. The van der Waals surface area contributed by atoms with Gasteiger partial charge in [0, 0.05) is 23.5 Å². The number of nitrogens with zero attached hydrogens (tertiary/aromatic N) is 2. The largest absolute Gasteiger partial charge is 0.497 e. The van der Waals surface area contributed by atoms with Gasteiger partial charge in [0.05, 0.1) is 25.7 Å². The molecule has 0 fully saturated rings. The normalized spacial score (nSPS) is 10.9. The van der Waals surface area contributed by atoms with Crippen LogP contribution in [-0.2, 0) is 11.3 Å². The number of H-pyrrole nitrogens is 1. The number of rotatable bonds is 8. The first-order valence-corrected chi connectivity index (χ1v) is 10.8. The number of thioether (sulfide) groups is 1. The molecule has 0 spiro atoms. The fourth-order valence-corrected chi connectivity index (χ4v) is 4.21. The van der Waals surface area contributed by atoms with Crippen LogP contribution >= 0.6 is 11.8 Å². The third kappa shape index (κ3) is 4.06. The van der Waals surface area contributed by atoms with E-state index in [2.05, 4.69) is 16.9 Å². The van der Waals surface area contributed by atoms with E-state index in [1.165, 1.54) is 23.4 Å². The number of nitrogens with one attached hydrogen (secondary N) is 2. The number of amides is 1. The molecule has 0 saturated carbocycles. The maximum atomic E-state index is 13.1. The zero-order valence-electron chi connectivity index (χ0n) is 17.7. The van der Waals surface area contributed by atoms with Gasteiger partial charge in [-0.25, -0.2) is 4.98 Å². The Bertz CT molecular complexity index is 1380. The van der Waals surface area contributed by atoms with E-state index in [0.717, 1.165) is 10.9 Å². The van der Waals surface area contributed by atoms with Gasteiger partial charge in [0.15, 0.2) is 5.16 Å². The van der Waals surface area contributed by atoms with Crippen LogP contribution in [0.1, 0.15) is 0 Å². The van der Waals surface area contributed by atoms with Gasteiger partial charge < -0.3 is 19.8 Å². The van der Waals surface area contributed by atoms with E-state index in [1.54, 1.807) is 31.4 Å². The van der Waals surface area contributed by atoms with Crippen molar-refractivity contribution in [3.05, 3.63) is 65.5 Å². The van der Waals surface area contributed by atoms with E-state index >= 15 is 0 Å². The molecule has 0 bridgehead atoms. The van der Waals surface area contributed by atoms with E-state index in [4.69, 9.17) is 14.5 Å². The average molecular weight is 451 g/mol. The van der Waals surface area contributed by atoms with Crippen LogP contribution in [0.15, 0.2) is 65.1 Å². The number of aromatic nitrogens is 3. The molecule has 0 aliphatic rings. The van der Waals surface area contributed by atoms with Crippen molar-refractivity contribution in [2.24, 2.45) is 0 Å². The Labute approximate surface area is 188 Å². The minimum atomic E-state index is -0.264. The topological polar surface area (TPSA) is 98.2 Å². The Hall–Kier alpha value is -3.72. The fraction of sp³-hybridized carbons (Fsp3) is 0.174. The number of benzene rings is 2. The standard InChI is InChI=1S/C23H22N4O4S/c1-4-11-27-22(29)21-20(15-7-5-6-8-16(15)25-21)26-23(27)32-13-19(28)24-17-12-14(30-2)9-10-18(17)31-3/h4-10,12,25H,1,11,13H2,2-3H3,(H,24,28). The highest BCUT2D eigenvalue weighted by atomic mass is 32.2. The summed E-state index contributed by atoms with van der Waals surface area (Å²) in [6.45, 7) is 4.02. The molecule has 8 nitrogen and oxygen atoms in total. The lowest BCUT2D eigenvalue weighted by atomic mass is 10.2. The van der Waals surface area contributed by atoms with Crippen LogP contribution in [0.5, 0.6) is 11.5 Å². The average Bonchev–Trinajstić information content (AvgIpc) is 3.18. The van der Waals surface area contributed by atoms with Crippen molar-refractivity contribution in [1.82, 2.24) is 14.5 Å². The van der Waals surface area contributed by atoms with Crippen LogP contribution in [0.4, 0.5) is 5.69 Å². The molecule has 0 aliphatic carbocycles. The highest BCUT2D eigenvalue weighted by Crippen LogP contribution is 2.29. The number of carbonyl (C=O) groups is 1.